The Morgan fingerprint density at radius 2 is 1.57 bits per heavy atom. The quantitative estimate of drug-likeness (QED) is 0.331. The number of aryl methyl sites for hydroxylation is 1. The predicted molar refractivity (Wildman–Crippen MR) is 95.2 cm³/mol. The lowest BCUT2D eigenvalue weighted by Crippen LogP contribution is -1.98. The van der Waals surface area contributed by atoms with E-state index in [1.54, 1.807) is 0 Å². The molecule has 0 spiro atoms. The van der Waals surface area contributed by atoms with Crippen molar-refractivity contribution < 1.29 is 0 Å². The van der Waals surface area contributed by atoms with Crippen LogP contribution in [0.5, 0.6) is 0 Å². The summed E-state index contributed by atoms with van der Waals surface area (Å²) in [5.74, 6) is 0. The Bertz CT molecular complexity index is 1020. The molecule has 21 heavy (non-hydrogen) atoms. The largest absolute Gasteiger partial charge is 0.0836 e. The first-order valence-corrected chi connectivity index (χ1v) is 8.18. The summed E-state index contributed by atoms with van der Waals surface area (Å²) < 4.78 is 1.25. The second-order valence-electron chi connectivity index (χ2n) is 5.83. The average molecular weight is 333 g/mol. The van der Waals surface area contributed by atoms with Gasteiger partial charge in [0.05, 0.1) is 0 Å². The van der Waals surface area contributed by atoms with Crippen LogP contribution >= 0.6 is 15.9 Å². The number of fused-ring (bicyclic) bond motifs is 2. The van der Waals surface area contributed by atoms with Gasteiger partial charge in [-0.3, -0.25) is 0 Å². The van der Waals surface area contributed by atoms with Gasteiger partial charge in [0.15, 0.2) is 0 Å². The van der Waals surface area contributed by atoms with E-state index in [4.69, 9.17) is 0 Å². The zero-order valence-corrected chi connectivity index (χ0v) is 13.1. The first-order chi connectivity index (χ1) is 10.3. The van der Waals surface area contributed by atoms with Gasteiger partial charge in [-0.25, -0.2) is 0 Å². The van der Waals surface area contributed by atoms with Crippen LogP contribution in [0.15, 0.2) is 53.0 Å². The number of halogens is 1. The lowest BCUT2D eigenvalue weighted by molar-refractivity contribution is 0.996. The summed E-state index contributed by atoms with van der Waals surface area (Å²) >= 11 is 3.86. The van der Waals surface area contributed by atoms with Crippen LogP contribution in [0.25, 0.3) is 38.4 Å². The van der Waals surface area contributed by atoms with Crippen LogP contribution in [0.4, 0.5) is 0 Å². The van der Waals surface area contributed by atoms with Gasteiger partial charge in [-0.05, 0) is 72.2 Å². The molecule has 0 saturated heterocycles. The Morgan fingerprint density at radius 1 is 0.810 bits per heavy atom. The molecule has 4 aromatic rings. The Kier molecular flexibility index (Phi) is 2.29. The van der Waals surface area contributed by atoms with E-state index < -0.39 is 0 Å². The lowest BCUT2D eigenvalue weighted by atomic mass is 9.86. The number of rotatable bonds is 0. The van der Waals surface area contributed by atoms with Crippen molar-refractivity contribution in [3.63, 3.8) is 0 Å². The molecule has 0 radical (unpaired) electrons. The zero-order valence-electron chi connectivity index (χ0n) is 11.5. The third-order valence-corrected chi connectivity index (χ3v) is 5.60. The van der Waals surface area contributed by atoms with Crippen molar-refractivity contribution >= 4 is 54.3 Å². The molecule has 0 N–H and O–H groups in total. The van der Waals surface area contributed by atoms with Crippen molar-refractivity contribution in [1.82, 2.24) is 0 Å². The molecule has 1 aliphatic rings. The summed E-state index contributed by atoms with van der Waals surface area (Å²) in [6, 6.07) is 15.7. The SMILES string of the molecule is Brc1c2c(c3ccc4cccc5ccc1c3c54)CCC=C2. The van der Waals surface area contributed by atoms with Gasteiger partial charge < -0.3 is 0 Å². The number of hydrogen-bond donors (Lipinski definition) is 0. The van der Waals surface area contributed by atoms with E-state index in [1.165, 1.54) is 47.9 Å². The predicted octanol–water partition coefficient (Wildman–Crippen LogP) is 6.31. The second kappa shape index (κ2) is 4.08. The molecule has 0 aliphatic heterocycles. The smallest absolute Gasteiger partial charge is 0.0329 e. The molecule has 0 unspecified atom stereocenters. The number of allylic oxidation sites excluding steroid dienone is 1. The average Bonchev–Trinajstić information content (AvgIpc) is 2.55. The van der Waals surface area contributed by atoms with Crippen molar-refractivity contribution in [2.24, 2.45) is 0 Å². The number of benzene rings is 4. The molecule has 0 fully saturated rings. The summed E-state index contributed by atoms with van der Waals surface area (Å²) in [5.41, 5.74) is 2.86. The molecule has 5 rings (SSSR count). The Hall–Kier alpha value is -1.86. The van der Waals surface area contributed by atoms with Crippen molar-refractivity contribution in [3.8, 4) is 0 Å². The molecule has 0 amide bonds. The van der Waals surface area contributed by atoms with E-state index in [1.807, 2.05) is 0 Å². The molecule has 0 heterocycles. The maximum Gasteiger partial charge on any atom is 0.0329 e. The van der Waals surface area contributed by atoms with E-state index in [2.05, 4.69) is 70.5 Å². The van der Waals surface area contributed by atoms with Crippen molar-refractivity contribution in [2.45, 2.75) is 12.8 Å². The van der Waals surface area contributed by atoms with E-state index in [0.29, 0.717) is 0 Å². The van der Waals surface area contributed by atoms with E-state index in [9.17, 15) is 0 Å². The molecule has 0 bridgehead atoms. The summed E-state index contributed by atoms with van der Waals surface area (Å²) in [6.45, 7) is 0. The van der Waals surface area contributed by atoms with E-state index in [0.717, 1.165) is 12.8 Å². The third kappa shape index (κ3) is 1.45. The Balaban J connectivity index is 2.16. The molecule has 0 aromatic heterocycles. The standard InChI is InChI=1S/C20H13Br/c21-20-16-7-2-1-6-14(16)15-10-8-12-4-3-5-13-9-11-17(20)19(15)18(12)13/h2-5,7-11H,1,6H2. The van der Waals surface area contributed by atoms with Gasteiger partial charge in [0.1, 0.15) is 0 Å². The zero-order chi connectivity index (χ0) is 14.0. The van der Waals surface area contributed by atoms with Gasteiger partial charge in [-0.2, -0.15) is 0 Å². The van der Waals surface area contributed by atoms with Crippen molar-refractivity contribution in [3.05, 3.63) is 64.1 Å². The summed E-state index contributed by atoms with van der Waals surface area (Å²) in [4.78, 5) is 0. The fraction of sp³-hybridized carbons (Fsp3) is 0.100. The van der Waals surface area contributed by atoms with Crippen LogP contribution in [0.1, 0.15) is 17.5 Å². The molecule has 1 aliphatic carbocycles. The minimum absolute atomic E-state index is 1.14. The van der Waals surface area contributed by atoms with Crippen LogP contribution in [-0.4, -0.2) is 0 Å². The molecule has 0 nitrogen and oxygen atoms in total. The minimum atomic E-state index is 1.14. The normalized spacial score (nSPS) is 14.3. The lowest BCUT2D eigenvalue weighted by Gasteiger charge is -2.20. The maximum absolute atomic E-state index is 3.86. The summed E-state index contributed by atoms with van der Waals surface area (Å²) in [5, 5.41) is 8.26. The molecular formula is C20H13Br. The topological polar surface area (TPSA) is 0 Å². The van der Waals surface area contributed by atoms with Gasteiger partial charge in [-0.1, -0.05) is 54.6 Å². The fourth-order valence-corrected chi connectivity index (χ4v) is 4.51. The highest BCUT2D eigenvalue weighted by Gasteiger charge is 2.18. The Morgan fingerprint density at radius 3 is 2.38 bits per heavy atom. The second-order valence-corrected chi connectivity index (χ2v) is 6.62. The molecular weight excluding hydrogens is 320 g/mol. The van der Waals surface area contributed by atoms with Gasteiger partial charge in [-0.15, -0.1) is 0 Å². The highest BCUT2D eigenvalue weighted by Crippen LogP contribution is 2.43. The molecule has 100 valence electrons. The van der Waals surface area contributed by atoms with Gasteiger partial charge >= 0.3 is 0 Å². The molecule has 1 heteroatoms. The fourth-order valence-electron chi connectivity index (χ4n) is 3.81. The van der Waals surface area contributed by atoms with Crippen LogP contribution in [0, 0.1) is 0 Å². The highest BCUT2D eigenvalue weighted by atomic mass is 79.9. The number of hydrogen-bond acceptors (Lipinski definition) is 0. The van der Waals surface area contributed by atoms with E-state index in [-0.39, 0.29) is 0 Å². The van der Waals surface area contributed by atoms with Crippen LogP contribution < -0.4 is 0 Å². The Labute approximate surface area is 131 Å². The van der Waals surface area contributed by atoms with Gasteiger partial charge in [0.2, 0.25) is 0 Å². The summed E-state index contributed by atoms with van der Waals surface area (Å²) in [7, 11) is 0. The molecule has 0 saturated carbocycles. The third-order valence-electron chi connectivity index (χ3n) is 4.75. The first-order valence-electron chi connectivity index (χ1n) is 7.39. The molecule has 4 aromatic carbocycles. The van der Waals surface area contributed by atoms with Crippen LogP contribution in [0.3, 0.4) is 0 Å². The highest BCUT2D eigenvalue weighted by molar-refractivity contribution is 9.10. The monoisotopic (exact) mass is 332 g/mol. The van der Waals surface area contributed by atoms with Crippen LogP contribution in [0.2, 0.25) is 0 Å². The summed E-state index contributed by atoms with van der Waals surface area (Å²) in [6.07, 6.45) is 6.84. The van der Waals surface area contributed by atoms with Gasteiger partial charge in [0, 0.05) is 4.47 Å². The molecule has 0 atom stereocenters. The first kappa shape index (κ1) is 11.8. The van der Waals surface area contributed by atoms with Gasteiger partial charge in [0.25, 0.3) is 0 Å². The van der Waals surface area contributed by atoms with Crippen LogP contribution in [-0.2, 0) is 6.42 Å². The van der Waals surface area contributed by atoms with Crippen molar-refractivity contribution in [1.29, 1.82) is 0 Å². The minimum Gasteiger partial charge on any atom is -0.0836 e. The maximum atomic E-state index is 3.86. The van der Waals surface area contributed by atoms with E-state index >= 15 is 0 Å². The van der Waals surface area contributed by atoms with Crippen molar-refractivity contribution in [2.75, 3.05) is 0 Å².